The van der Waals surface area contributed by atoms with Crippen LogP contribution in [0.5, 0.6) is 0 Å². The summed E-state index contributed by atoms with van der Waals surface area (Å²) >= 11 is 0. The first-order chi connectivity index (χ1) is 8.04. The maximum absolute atomic E-state index is 5.92. The summed E-state index contributed by atoms with van der Waals surface area (Å²) in [5.74, 6) is 0.981. The van der Waals surface area contributed by atoms with Crippen LogP contribution in [0.1, 0.15) is 18.9 Å². The maximum atomic E-state index is 5.92. The van der Waals surface area contributed by atoms with E-state index in [0.717, 1.165) is 43.1 Å². The lowest BCUT2D eigenvalue weighted by molar-refractivity contribution is 0.400. The highest BCUT2D eigenvalue weighted by atomic mass is 15.2. The molecule has 0 atom stereocenters. The second kappa shape index (κ2) is 6.45. The van der Waals surface area contributed by atoms with Gasteiger partial charge in [-0.3, -0.25) is 0 Å². The van der Waals surface area contributed by atoms with Crippen molar-refractivity contribution in [1.82, 2.24) is 9.88 Å². The molecule has 96 valence electrons. The molecule has 17 heavy (non-hydrogen) atoms. The minimum absolute atomic E-state index is 0.820. The fourth-order valence-corrected chi connectivity index (χ4v) is 1.71. The molecule has 4 nitrogen and oxygen atoms in total. The lowest BCUT2D eigenvalue weighted by atomic mass is 10.2. The average molecular weight is 236 g/mol. The van der Waals surface area contributed by atoms with Crippen LogP contribution in [0.25, 0.3) is 0 Å². The number of nitrogens with two attached hydrogens (primary N) is 1. The first-order valence-corrected chi connectivity index (χ1v) is 6.16. The minimum Gasteiger partial charge on any atom is -0.398 e. The summed E-state index contributed by atoms with van der Waals surface area (Å²) in [4.78, 5) is 8.90. The van der Waals surface area contributed by atoms with Crippen LogP contribution in [-0.2, 0) is 0 Å². The Balaban J connectivity index is 2.62. The molecule has 0 aliphatic rings. The monoisotopic (exact) mass is 236 g/mol. The third-order valence-electron chi connectivity index (χ3n) is 2.87. The van der Waals surface area contributed by atoms with Gasteiger partial charge in [0, 0.05) is 31.0 Å². The van der Waals surface area contributed by atoms with Gasteiger partial charge in [-0.1, -0.05) is 0 Å². The van der Waals surface area contributed by atoms with E-state index in [9.17, 15) is 0 Å². The number of hydrogen-bond donors (Lipinski definition) is 1. The van der Waals surface area contributed by atoms with Crippen molar-refractivity contribution in [2.24, 2.45) is 0 Å². The summed E-state index contributed by atoms with van der Waals surface area (Å²) in [7, 11) is 4.19. The standard InChI is InChI=1S/C13H24N4/c1-5-17(8-6-7-16(3)4)13-9-12(14)11(2)10-15-13/h9-10H,5-8H2,1-4H3,(H2,14,15). The summed E-state index contributed by atoms with van der Waals surface area (Å²) in [6.07, 6.45) is 2.98. The number of nitrogens with zero attached hydrogens (tertiary/aromatic N) is 3. The number of hydrogen-bond acceptors (Lipinski definition) is 4. The van der Waals surface area contributed by atoms with Crippen molar-refractivity contribution in [3.8, 4) is 0 Å². The molecule has 4 heteroatoms. The molecule has 1 rings (SSSR count). The summed E-state index contributed by atoms with van der Waals surface area (Å²) in [6, 6.07) is 1.97. The Morgan fingerprint density at radius 1 is 1.29 bits per heavy atom. The molecule has 0 saturated carbocycles. The zero-order valence-electron chi connectivity index (χ0n) is 11.4. The van der Waals surface area contributed by atoms with Gasteiger partial charge in [-0.25, -0.2) is 4.98 Å². The average Bonchev–Trinajstić information content (AvgIpc) is 2.28. The Morgan fingerprint density at radius 2 is 2.00 bits per heavy atom. The molecule has 0 aliphatic carbocycles. The zero-order chi connectivity index (χ0) is 12.8. The highest BCUT2D eigenvalue weighted by Gasteiger charge is 2.07. The van der Waals surface area contributed by atoms with Gasteiger partial charge in [-0.2, -0.15) is 0 Å². The molecule has 0 spiro atoms. The summed E-state index contributed by atoms with van der Waals surface area (Å²) in [6.45, 7) is 7.20. The van der Waals surface area contributed by atoms with Crippen LogP contribution in [0, 0.1) is 6.92 Å². The minimum atomic E-state index is 0.820. The molecule has 1 heterocycles. The van der Waals surface area contributed by atoms with Crippen LogP contribution in [0.15, 0.2) is 12.3 Å². The van der Waals surface area contributed by atoms with Crippen molar-refractivity contribution in [3.63, 3.8) is 0 Å². The Hall–Kier alpha value is -1.29. The van der Waals surface area contributed by atoms with Crippen LogP contribution in [0.2, 0.25) is 0 Å². The van der Waals surface area contributed by atoms with Gasteiger partial charge in [0.15, 0.2) is 0 Å². The van der Waals surface area contributed by atoms with E-state index < -0.39 is 0 Å². The first kappa shape index (κ1) is 13.8. The van der Waals surface area contributed by atoms with Crippen LogP contribution < -0.4 is 10.6 Å². The van der Waals surface area contributed by atoms with E-state index in [1.165, 1.54) is 0 Å². The summed E-state index contributed by atoms with van der Waals surface area (Å²) in [5, 5.41) is 0. The molecular weight excluding hydrogens is 212 g/mol. The van der Waals surface area contributed by atoms with E-state index in [0.29, 0.717) is 0 Å². The van der Waals surface area contributed by atoms with Gasteiger partial charge in [-0.05, 0) is 46.5 Å². The third-order valence-corrected chi connectivity index (χ3v) is 2.87. The smallest absolute Gasteiger partial charge is 0.130 e. The SMILES string of the molecule is CCN(CCCN(C)C)c1cc(N)c(C)cn1. The van der Waals surface area contributed by atoms with Crippen molar-refractivity contribution >= 4 is 11.5 Å². The van der Waals surface area contributed by atoms with Crippen molar-refractivity contribution in [2.75, 3.05) is 44.4 Å². The molecule has 0 aliphatic heterocycles. The molecule has 0 saturated heterocycles. The van der Waals surface area contributed by atoms with Crippen LogP contribution in [0.3, 0.4) is 0 Å². The largest absolute Gasteiger partial charge is 0.398 e. The quantitative estimate of drug-likeness (QED) is 0.817. The molecule has 0 fully saturated rings. The molecule has 0 bridgehead atoms. The fraction of sp³-hybridized carbons (Fsp3) is 0.615. The Morgan fingerprint density at radius 3 is 2.53 bits per heavy atom. The van der Waals surface area contributed by atoms with Gasteiger partial charge in [0.05, 0.1) is 0 Å². The molecule has 1 aromatic rings. The first-order valence-electron chi connectivity index (χ1n) is 6.16. The van der Waals surface area contributed by atoms with Crippen molar-refractivity contribution in [2.45, 2.75) is 20.3 Å². The topological polar surface area (TPSA) is 45.4 Å². The highest BCUT2D eigenvalue weighted by Crippen LogP contribution is 2.17. The molecule has 0 aromatic carbocycles. The van der Waals surface area contributed by atoms with E-state index in [1.54, 1.807) is 0 Å². The van der Waals surface area contributed by atoms with Crippen LogP contribution in [-0.4, -0.2) is 43.6 Å². The van der Waals surface area contributed by atoms with Gasteiger partial charge >= 0.3 is 0 Å². The van der Waals surface area contributed by atoms with E-state index in [-0.39, 0.29) is 0 Å². The van der Waals surface area contributed by atoms with Crippen molar-refractivity contribution in [1.29, 1.82) is 0 Å². The lowest BCUT2D eigenvalue weighted by Crippen LogP contribution is -2.27. The van der Waals surface area contributed by atoms with Gasteiger partial charge in [0.25, 0.3) is 0 Å². The Kier molecular flexibility index (Phi) is 5.22. The molecule has 0 amide bonds. The second-order valence-electron chi connectivity index (χ2n) is 4.64. The summed E-state index contributed by atoms with van der Waals surface area (Å²) < 4.78 is 0. The molecule has 1 aromatic heterocycles. The summed E-state index contributed by atoms with van der Waals surface area (Å²) in [5.41, 5.74) is 7.78. The lowest BCUT2D eigenvalue weighted by Gasteiger charge is -2.23. The predicted octanol–water partition coefficient (Wildman–Crippen LogP) is 1.75. The number of anilines is 2. The van der Waals surface area contributed by atoms with Gasteiger partial charge < -0.3 is 15.5 Å². The zero-order valence-corrected chi connectivity index (χ0v) is 11.4. The number of rotatable bonds is 6. The van der Waals surface area contributed by atoms with E-state index >= 15 is 0 Å². The Labute approximate surface area is 104 Å². The predicted molar refractivity (Wildman–Crippen MR) is 74.4 cm³/mol. The normalized spacial score (nSPS) is 10.9. The van der Waals surface area contributed by atoms with Gasteiger partial charge in [0.2, 0.25) is 0 Å². The maximum Gasteiger partial charge on any atom is 0.130 e. The number of nitrogen functional groups attached to an aromatic ring is 1. The van der Waals surface area contributed by atoms with E-state index in [1.807, 2.05) is 19.2 Å². The van der Waals surface area contributed by atoms with Crippen LogP contribution >= 0.6 is 0 Å². The Bertz CT molecular complexity index is 349. The van der Waals surface area contributed by atoms with Gasteiger partial charge in [-0.15, -0.1) is 0 Å². The van der Waals surface area contributed by atoms with Crippen molar-refractivity contribution in [3.05, 3.63) is 17.8 Å². The van der Waals surface area contributed by atoms with Gasteiger partial charge in [0.1, 0.15) is 5.82 Å². The number of aryl methyl sites for hydroxylation is 1. The molecule has 2 N–H and O–H groups in total. The van der Waals surface area contributed by atoms with E-state index in [4.69, 9.17) is 5.73 Å². The molecule has 0 radical (unpaired) electrons. The second-order valence-corrected chi connectivity index (χ2v) is 4.64. The van der Waals surface area contributed by atoms with Crippen LogP contribution in [0.4, 0.5) is 11.5 Å². The van der Waals surface area contributed by atoms with E-state index in [2.05, 4.69) is 35.8 Å². The van der Waals surface area contributed by atoms with Crippen molar-refractivity contribution < 1.29 is 0 Å². The highest BCUT2D eigenvalue weighted by molar-refractivity contribution is 5.54. The number of aromatic nitrogens is 1. The number of pyridine rings is 1. The molecular formula is C13H24N4. The molecule has 0 unspecified atom stereocenters. The third kappa shape index (κ3) is 4.23. The fourth-order valence-electron chi connectivity index (χ4n) is 1.71.